The summed E-state index contributed by atoms with van der Waals surface area (Å²) in [4.78, 5) is 10.6. The SMILES string of the molecule is O=C(O)C1=C(F)C2(F)C(F)=C(F)C=C(F)C2(F)C=C1F. The summed E-state index contributed by atoms with van der Waals surface area (Å²) < 4.78 is 95.0. The van der Waals surface area contributed by atoms with Crippen molar-refractivity contribution in [1.29, 1.82) is 0 Å². The molecule has 0 aliphatic heterocycles. The van der Waals surface area contributed by atoms with Gasteiger partial charge in [-0.15, -0.1) is 0 Å². The van der Waals surface area contributed by atoms with Crippen LogP contribution >= 0.6 is 0 Å². The highest BCUT2D eigenvalue weighted by Crippen LogP contribution is 2.57. The van der Waals surface area contributed by atoms with E-state index in [9.17, 15) is 35.5 Å². The summed E-state index contributed by atoms with van der Waals surface area (Å²) in [5.74, 6) is -14.7. The van der Waals surface area contributed by atoms with Gasteiger partial charge in [0.15, 0.2) is 17.5 Å². The van der Waals surface area contributed by atoms with Crippen LogP contribution in [0.15, 0.2) is 46.9 Å². The van der Waals surface area contributed by atoms with Gasteiger partial charge in [0.05, 0.1) is 0 Å². The lowest BCUT2D eigenvalue weighted by Gasteiger charge is -2.38. The summed E-state index contributed by atoms with van der Waals surface area (Å²) in [6.07, 6.45) is -1.01. The van der Waals surface area contributed by atoms with Crippen molar-refractivity contribution in [3.8, 4) is 0 Å². The van der Waals surface area contributed by atoms with E-state index in [2.05, 4.69) is 0 Å². The van der Waals surface area contributed by atoms with Crippen LogP contribution in [0.5, 0.6) is 0 Å². The molecule has 1 N–H and O–H groups in total. The Bertz CT molecular complexity index is 645. The van der Waals surface area contributed by atoms with Crippen LogP contribution in [0.3, 0.4) is 0 Å². The molecule has 2 atom stereocenters. The van der Waals surface area contributed by atoms with Crippen molar-refractivity contribution >= 4 is 5.97 Å². The molecule has 0 heterocycles. The standard InChI is InChI=1S/C11H3F7O2/c12-3-1-5(14)10(17)2-4(13)6(9(19)20)8(16)11(10,18)7(3)15/h1-2H,(H,19,20). The molecule has 0 bridgehead atoms. The lowest BCUT2D eigenvalue weighted by Crippen LogP contribution is -2.52. The largest absolute Gasteiger partial charge is 0.477 e. The molecular formula is C11H3F7O2. The van der Waals surface area contributed by atoms with E-state index in [4.69, 9.17) is 5.11 Å². The average Bonchev–Trinajstić information content (AvgIpc) is 2.32. The Morgan fingerprint density at radius 1 is 1.05 bits per heavy atom. The number of hydrogen-bond donors (Lipinski definition) is 1. The zero-order chi connectivity index (χ0) is 15.5. The minimum absolute atomic E-state index is 0.421. The molecule has 108 valence electrons. The first kappa shape index (κ1) is 14.4. The molecule has 2 aliphatic rings. The van der Waals surface area contributed by atoms with Crippen molar-refractivity contribution in [1.82, 2.24) is 0 Å². The van der Waals surface area contributed by atoms with Crippen LogP contribution in [0.2, 0.25) is 0 Å². The molecule has 20 heavy (non-hydrogen) atoms. The van der Waals surface area contributed by atoms with Gasteiger partial charge >= 0.3 is 5.97 Å². The highest BCUT2D eigenvalue weighted by atomic mass is 19.2. The lowest BCUT2D eigenvalue weighted by molar-refractivity contribution is -0.133. The van der Waals surface area contributed by atoms with Gasteiger partial charge in [0, 0.05) is 12.2 Å². The van der Waals surface area contributed by atoms with Gasteiger partial charge in [0.2, 0.25) is 5.67 Å². The van der Waals surface area contributed by atoms with E-state index >= 15 is 0 Å². The second kappa shape index (κ2) is 3.97. The normalized spacial score (nSPS) is 33.8. The molecule has 0 aromatic carbocycles. The van der Waals surface area contributed by atoms with Gasteiger partial charge in [-0.1, -0.05) is 0 Å². The van der Waals surface area contributed by atoms with Crippen molar-refractivity contribution in [2.24, 2.45) is 0 Å². The maximum Gasteiger partial charge on any atom is 0.341 e. The number of hydrogen-bond acceptors (Lipinski definition) is 1. The second-order valence-corrected chi connectivity index (χ2v) is 4.01. The predicted octanol–water partition coefficient (Wildman–Crippen LogP) is 3.60. The Morgan fingerprint density at radius 3 is 2.10 bits per heavy atom. The maximum atomic E-state index is 14.2. The quantitative estimate of drug-likeness (QED) is 0.751. The zero-order valence-electron chi connectivity index (χ0n) is 9.16. The molecule has 0 aromatic rings. The fraction of sp³-hybridized carbons (Fsp3) is 0.182. The number of allylic oxidation sites excluding steroid dienone is 6. The van der Waals surface area contributed by atoms with Gasteiger partial charge < -0.3 is 5.11 Å². The fourth-order valence-corrected chi connectivity index (χ4v) is 1.91. The van der Waals surface area contributed by atoms with Gasteiger partial charge in [-0.2, -0.15) is 0 Å². The van der Waals surface area contributed by atoms with Crippen LogP contribution in [0, 0.1) is 0 Å². The van der Waals surface area contributed by atoms with Crippen LogP contribution in [-0.2, 0) is 4.79 Å². The molecule has 0 radical (unpaired) electrons. The van der Waals surface area contributed by atoms with E-state index in [1.165, 1.54) is 0 Å². The van der Waals surface area contributed by atoms with Crippen LogP contribution in [0.25, 0.3) is 0 Å². The van der Waals surface area contributed by atoms with E-state index in [0.29, 0.717) is 0 Å². The molecule has 9 heteroatoms. The monoisotopic (exact) mass is 300 g/mol. The Hall–Kier alpha value is -2.06. The van der Waals surface area contributed by atoms with Gasteiger partial charge in [-0.3, -0.25) is 0 Å². The van der Waals surface area contributed by atoms with Crippen molar-refractivity contribution in [2.75, 3.05) is 0 Å². The topological polar surface area (TPSA) is 37.3 Å². The fourth-order valence-electron chi connectivity index (χ4n) is 1.91. The number of fused-ring (bicyclic) bond motifs is 1. The van der Waals surface area contributed by atoms with Crippen LogP contribution < -0.4 is 0 Å². The Balaban J connectivity index is 2.87. The van der Waals surface area contributed by atoms with Crippen molar-refractivity contribution in [3.05, 3.63) is 46.9 Å². The van der Waals surface area contributed by atoms with Crippen molar-refractivity contribution in [2.45, 2.75) is 11.3 Å². The highest BCUT2D eigenvalue weighted by Gasteiger charge is 2.68. The molecule has 2 nitrogen and oxygen atoms in total. The molecule has 0 amide bonds. The number of rotatable bonds is 1. The molecule has 2 unspecified atom stereocenters. The van der Waals surface area contributed by atoms with Crippen LogP contribution in [0.4, 0.5) is 30.7 Å². The predicted molar refractivity (Wildman–Crippen MR) is 51.1 cm³/mol. The number of carboxylic acid groups (broad SMARTS) is 1. The smallest absolute Gasteiger partial charge is 0.341 e. The van der Waals surface area contributed by atoms with Crippen molar-refractivity contribution < 1.29 is 40.6 Å². The molecule has 0 aromatic heterocycles. The van der Waals surface area contributed by atoms with E-state index in [1.54, 1.807) is 0 Å². The van der Waals surface area contributed by atoms with E-state index in [-0.39, 0.29) is 0 Å². The molecule has 0 saturated heterocycles. The summed E-state index contributed by atoms with van der Waals surface area (Å²) >= 11 is 0. The van der Waals surface area contributed by atoms with Crippen LogP contribution in [-0.4, -0.2) is 22.4 Å². The van der Waals surface area contributed by atoms with E-state index in [0.717, 1.165) is 0 Å². The molecular weight excluding hydrogens is 297 g/mol. The molecule has 0 saturated carbocycles. The zero-order valence-corrected chi connectivity index (χ0v) is 9.16. The Kier molecular flexibility index (Phi) is 2.85. The summed E-state index contributed by atoms with van der Waals surface area (Å²) in [6, 6.07) is 0. The summed E-state index contributed by atoms with van der Waals surface area (Å²) in [5, 5.41) is 8.48. The number of aliphatic carboxylic acids is 1. The average molecular weight is 300 g/mol. The molecule has 0 spiro atoms. The first-order valence-electron chi connectivity index (χ1n) is 4.91. The third kappa shape index (κ3) is 1.43. The number of halogens is 7. The van der Waals surface area contributed by atoms with Gasteiger partial charge in [0.25, 0.3) is 5.67 Å². The Labute approximate surface area is 106 Å². The highest BCUT2D eigenvalue weighted by molar-refractivity contribution is 5.93. The van der Waals surface area contributed by atoms with Gasteiger partial charge in [0.1, 0.15) is 17.2 Å². The minimum atomic E-state index is -4.75. The number of carboxylic acids is 1. The second-order valence-electron chi connectivity index (χ2n) is 4.01. The number of alkyl halides is 2. The minimum Gasteiger partial charge on any atom is -0.477 e. The summed E-state index contributed by atoms with van der Waals surface area (Å²) in [6.45, 7) is 0. The van der Waals surface area contributed by atoms with Crippen LogP contribution in [0.1, 0.15) is 0 Å². The van der Waals surface area contributed by atoms with E-state index in [1.807, 2.05) is 0 Å². The summed E-state index contributed by atoms with van der Waals surface area (Å²) in [5.41, 5.74) is -11.1. The molecule has 2 rings (SSSR count). The molecule has 2 aliphatic carbocycles. The van der Waals surface area contributed by atoms with Gasteiger partial charge in [-0.05, 0) is 0 Å². The number of carbonyl (C=O) groups is 1. The molecule has 0 fully saturated rings. The lowest BCUT2D eigenvalue weighted by atomic mass is 9.74. The van der Waals surface area contributed by atoms with Gasteiger partial charge in [-0.25, -0.2) is 35.5 Å². The van der Waals surface area contributed by atoms with E-state index < -0.39 is 64.2 Å². The van der Waals surface area contributed by atoms with Crippen molar-refractivity contribution in [3.63, 3.8) is 0 Å². The first-order valence-corrected chi connectivity index (χ1v) is 4.91. The maximum absolute atomic E-state index is 14.2. The third-order valence-corrected chi connectivity index (χ3v) is 2.91. The third-order valence-electron chi connectivity index (χ3n) is 2.91. The first-order chi connectivity index (χ1) is 9.07. The Morgan fingerprint density at radius 2 is 1.60 bits per heavy atom. The summed E-state index contributed by atoms with van der Waals surface area (Å²) in [7, 11) is 0.